The molecule has 0 saturated carbocycles. The van der Waals surface area contributed by atoms with E-state index in [0.29, 0.717) is 11.1 Å². The fourth-order valence-electron chi connectivity index (χ4n) is 2.17. The van der Waals surface area contributed by atoms with Gasteiger partial charge in [0.15, 0.2) is 0 Å². The minimum Gasteiger partial charge on any atom is -0.340 e. The van der Waals surface area contributed by atoms with Gasteiger partial charge in [-0.1, -0.05) is 23.2 Å². The number of benzene rings is 2. The van der Waals surface area contributed by atoms with Gasteiger partial charge in [-0.3, -0.25) is 0 Å². The number of aromatic nitrogens is 2. The van der Waals surface area contributed by atoms with Crippen molar-refractivity contribution in [2.24, 2.45) is 0 Å². The van der Waals surface area contributed by atoms with Gasteiger partial charge in [0, 0.05) is 11.1 Å². The van der Waals surface area contributed by atoms with Crippen LogP contribution >= 0.6 is 11.6 Å². The summed E-state index contributed by atoms with van der Waals surface area (Å²) >= 11 is 5.70. The first kappa shape index (κ1) is 16.4. The van der Waals surface area contributed by atoms with Crippen molar-refractivity contribution in [1.82, 2.24) is 9.97 Å². The van der Waals surface area contributed by atoms with E-state index in [1.807, 2.05) is 0 Å². The Hall–Kier alpha value is -2.41. The van der Waals surface area contributed by atoms with Crippen LogP contribution in [0.5, 0.6) is 0 Å². The lowest BCUT2D eigenvalue weighted by atomic mass is 10.1. The summed E-state index contributed by atoms with van der Waals surface area (Å²) in [7, 11) is 0. The van der Waals surface area contributed by atoms with Gasteiger partial charge < -0.3 is 5.32 Å². The molecule has 1 N–H and O–H groups in total. The fourth-order valence-corrected chi connectivity index (χ4v) is 2.36. The van der Waals surface area contributed by atoms with Crippen LogP contribution in [0.1, 0.15) is 11.4 Å². The van der Waals surface area contributed by atoms with Gasteiger partial charge in [0.1, 0.15) is 11.6 Å². The van der Waals surface area contributed by atoms with E-state index >= 15 is 0 Å². The van der Waals surface area contributed by atoms with Crippen molar-refractivity contribution in [2.45, 2.75) is 13.1 Å². The fraction of sp³-hybridized carbons (Fsp3) is 0.125. The van der Waals surface area contributed by atoms with Crippen LogP contribution in [0.3, 0.4) is 0 Å². The molecule has 124 valence electrons. The molecule has 0 aliphatic heterocycles. The van der Waals surface area contributed by atoms with Gasteiger partial charge >= 0.3 is 6.18 Å². The van der Waals surface area contributed by atoms with Crippen LogP contribution in [-0.4, -0.2) is 9.97 Å². The monoisotopic (exact) mass is 355 g/mol. The Morgan fingerprint density at radius 1 is 1.04 bits per heavy atom. The Kier molecular flexibility index (Phi) is 4.04. The van der Waals surface area contributed by atoms with Gasteiger partial charge in [-0.25, -0.2) is 14.4 Å². The van der Waals surface area contributed by atoms with E-state index in [0.717, 1.165) is 11.6 Å². The number of fused-ring (bicyclic) bond motifs is 1. The zero-order valence-corrected chi connectivity index (χ0v) is 13.0. The van der Waals surface area contributed by atoms with Crippen LogP contribution in [0.2, 0.25) is 5.02 Å². The van der Waals surface area contributed by atoms with Crippen LogP contribution in [0.25, 0.3) is 10.9 Å². The molecule has 0 unspecified atom stereocenters. The second-order valence-electron chi connectivity index (χ2n) is 5.17. The smallest absolute Gasteiger partial charge is 0.340 e. The highest BCUT2D eigenvalue weighted by molar-refractivity contribution is 6.31. The van der Waals surface area contributed by atoms with Gasteiger partial charge in [0.05, 0.1) is 10.5 Å². The predicted molar refractivity (Wildman–Crippen MR) is 84.0 cm³/mol. The first-order valence-corrected chi connectivity index (χ1v) is 7.19. The Labute approximate surface area is 139 Å². The van der Waals surface area contributed by atoms with Crippen molar-refractivity contribution in [2.75, 3.05) is 5.32 Å². The minimum absolute atomic E-state index is 0.0290. The molecule has 0 aliphatic rings. The molecular weight excluding hydrogens is 346 g/mol. The third-order valence-corrected chi connectivity index (χ3v) is 3.58. The van der Waals surface area contributed by atoms with E-state index < -0.39 is 17.8 Å². The molecule has 0 fully saturated rings. The lowest BCUT2D eigenvalue weighted by molar-refractivity contribution is -0.144. The number of hydrogen-bond donors (Lipinski definition) is 1. The largest absolute Gasteiger partial charge is 0.451 e. The van der Waals surface area contributed by atoms with Crippen molar-refractivity contribution in [3.63, 3.8) is 0 Å². The third kappa shape index (κ3) is 3.26. The van der Waals surface area contributed by atoms with Gasteiger partial charge in [0.2, 0.25) is 5.82 Å². The first-order chi connectivity index (χ1) is 11.2. The molecular formula is C16H10ClF4N3. The van der Waals surface area contributed by atoms with Crippen LogP contribution in [-0.2, 0) is 6.18 Å². The highest BCUT2D eigenvalue weighted by Gasteiger charge is 2.35. The van der Waals surface area contributed by atoms with E-state index in [-0.39, 0.29) is 16.4 Å². The first-order valence-electron chi connectivity index (χ1n) is 6.82. The quantitative estimate of drug-likeness (QED) is 0.617. The molecule has 3 rings (SSSR count). The highest BCUT2D eigenvalue weighted by Crippen LogP contribution is 2.32. The van der Waals surface area contributed by atoms with Crippen LogP contribution in [0, 0.1) is 12.7 Å². The van der Waals surface area contributed by atoms with Gasteiger partial charge in [-0.2, -0.15) is 13.2 Å². The van der Waals surface area contributed by atoms with E-state index in [1.54, 1.807) is 19.1 Å². The Morgan fingerprint density at radius 2 is 1.79 bits per heavy atom. The normalized spacial score (nSPS) is 11.8. The maximum atomic E-state index is 13.2. The number of hydrogen-bond acceptors (Lipinski definition) is 3. The van der Waals surface area contributed by atoms with Gasteiger partial charge in [-0.15, -0.1) is 0 Å². The van der Waals surface area contributed by atoms with Crippen molar-refractivity contribution >= 4 is 34.0 Å². The molecule has 3 nitrogen and oxygen atoms in total. The lowest BCUT2D eigenvalue weighted by Gasteiger charge is -2.13. The molecule has 0 bridgehead atoms. The summed E-state index contributed by atoms with van der Waals surface area (Å²) in [6.45, 7) is 1.80. The van der Waals surface area contributed by atoms with Crippen molar-refractivity contribution < 1.29 is 17.6 Å². The molecule has 0 aliphatic carbocycles. The number of nitrogens with one attached hydrogen (secondary N) is 1. The molecule has 0 radical (unpaired) electrons. The summed E-state index contributed by atoms with van der Waals surface area (Å²) in [5.41, 5.74) is 1.31. The van der Waals surface area contributed by atoms with E-state index in [2.05, 4.69) is 15.3 Å². The number of anilines is 2. The zero-order valence-electron chi connectivity index (χ0n) is 12.2. The molecule has 24 heavy (non-hydrogen) atoms. The maximum Gasteiger partial charge on any atom is 0.451 e. The average molecular weight is 356 g/mol. The summed E-state index contributed by atoms with van der Waals surface area (Å²) in [6, 6.07) is 8.57. The van der Waals surface area contributed by atoms with Crippen molar-refractivity contribution in [3.8, 4) is 0 Å². The second kappa shape index (κ2) is 5.90. The summed E-state index contributed by atoms with van der Waals surface area (Å²) in [6.07, 6.45) is -4.68. The molecule has 0 amide bonds. The second-order valence-corrected chi connectivity index (χ2v) is 5.58. The number of alkyl halides is 3. The van der Waals surface area contributed by atoms with Gasteiger partial charge in [0.25, 0.3) is 0 Å². The summed E-state index contributed by atoms with van der Waals surface area (Å²) in [5.74, 6) is -1.91. The summed E-state index contributed by atoms with van der Waals surface area (Å²) < 4.78 is 52.3. The number of rotatable bonds is 2. The molecule has 0 atom stereocenters. The Morgan fingerprint density at radius 3 is 2.46 bits per heavy atom. The van der Waals surface area contributed by atoms with Crippen LogP contribution in [0.4, 0.5) is 29.1 Å². The lowest BCUT2D eigenvalue weighted by Crippen LogP contribution is -2.12. The molecule has 0 spiro atoms. The van der Waals surface area contributed by atoms with Crippen molar-refractivity contribution in [3.05, 3.63) is 58.6 Å². The molecule has 3 aromatic rings. The predicted octanol–water partition coefficient (Wildman–Crippen LogP) is 5.49. The van der Waals surface area contributed by atoms with Gasteiger partial charge in [-0.05, 0) is 37.3 Å². The van der Waals surface area contributed by atoms with Crippen LogP contribution < -0.4 is 5.32 Å². The SMILES string of the molecule is Cc1ccc2nc(C(F)(F)F)nc(Nc3ccc(F)c(Cl)c3)c2c1. The minimum atomic E-state index is -4.68. The molecule has 0 saturated heterocycles. The topological polar surface area (TPSA) is 37.8 Å². The highest BCUT2D eigenvalue weighted by atomic mass is 35.5. The standard InChI is InChI=1S/C16H10ClF4N3/c1-8-2-5-13-10(6-8)14(24-15(23-13)16(19,20)21)22-9-3-4-12(18)11(17)7-9/h2-7H,1H3,(H,22,23,24). The molecule has 8 heteroatoms. The molecule has 2 aromatic carbocycles. The Balaban J connectivity index is 2.16. The number of halogens is 5. The molecule has 1 heterocycles. The average Bonchev–Trinajstić information content (AvgIpc) is 2.50. The third-order valence-electron chi connectivity index (χ3n) is 3.29. The maximum absolute atomic E-state index is 13.2. The van der Waals surface area contributed by atoms with E-state index in [1.165, 1.54) is 18.2 Å². The summed E-state index contributed by atoms with van der Waals surface area (Å²) in [5, 5.41) is 3.02. The summed E-state index contributed by atoms with van der Waals surface area (Å²) in [4.78, 5) is 7.14. The number of nitrogens with zero attached hydrogens (tertiary/aromatic N) is 2. The van der Waals surface area contributed by atoms with Crippen molar-refractivity contribution in [1.29, 1.82) is 0 Å². The Bertz CT molecular complexity index is 925. The molecule has 1 aromatic heterocycles. The van der Waals surface area contributed by atoms with Crippen LogP contribution in [0.15, 0.2) is 36.4 Å². The van der Waals surface area contributed by atoms with E-state index in [4.69, 9.17) is 11.6 Å². The van der Waals surface area contributed by atoms with E-state index in [9.17, 15) is 17.6 Å². The number of aryl methyl sites for hydroxylation is 1. The zero-order chi connectivity index (χ0) is 17.5.